The van der Waals surface area contributed by atoms with Gasteiger partial charge >= 0.3 is 0 Å². The first-order valence-electron chi connectivity index (χ1n) is 9.06. The molecule has 0 saturated carbocycles. The molecular formula is C20H17Cl2F2N5. The van der Waals surface area contributed by atoms with Crippen LogP contribution in [-0.2, 0) is 0 Å². The van der Waals surface area contributed by atoms with Gasteiger partial charge in [0.1, 0.15) is 11.6 Å². The van der Waals surface area contributed by atoms with E-state index in [4.69, 9.17) is 23.2 Å². The second kappa shape index (κ2) is 8.57. The molecule has 1 aliphatic rings. The highest BCUT2D eigenvalue weighted by molar-refractivity contribution is 6.31. The van der Waals surface area contributed by atoms with Gasteiger partial charge in [0, 0.05) is 26.2 Å². The standard InChI is InChI=1S/C20H17Cl2F2N5/c21-18-25-19(22)27-20(26-18)29-11-9-28(10-12-29)17(13-1-5-15(23)6-2-13)14-3-7-16(24)8-4-14/h1-8,17H,9-12H2. The lowest BCUT2D eigenvalue weighted by Gasteiger charge is -2.39. The summed E-state index contributed by atoms with van der Waals surface area (Å²) in [6, 6.07) is 12.7. The largest absolute Gasteiger partial charge is 0.338 e. The van der Waals surface area contributed by atoms with Crippen molar-refractivity contribution < 1.29 is 8.78 Å². The molecule has 0 unspecified atom stereocenters. The molecule has 5 nitrogen and oxygen atoms in total. The molecule has 0 spiro atoms. The fraction of sp³-hybridized carbons (Fsp3) is 0.250. The van der Waals surface area contributed by atoms with Crippen molar-refractivity contribution in [3.05, 3.63) is 81.9 Å². The topological polar surface area (TPSA) is 45.2 Å². The molecule has 0 bridgehead atoms. The fourth-order valence-corrected chi connectivity index (χ4v) is 3.90. The minimum Gasteiger partial charge on any atom is -0.338 e. The number of rotatable bonds is 4. The van der Waals surface area contributed by atoms with Crippen molar-refractivity contribution in [3.8, 4) is 0 Å². The van der Waals surface area contributed by atoms with Crippen molar-refractivity contribution in [2.24, 2.45) is 0 Å². The van der Waals surface area contributed by atoms with E-state index in [9.17, 15) is 8.78 Å². The normalized spacial score (nSPS) is 15.1. The van der Waals surface area contributed by atoms with Gasteiger partial charge in [-0.1, -0.05) is 24.3 Å². The molecule has 4 rings (SSSR count). The predicted octanol–water partition coefficient (Wildman–Crippen LogP) is 4.37. The van der Waals surface area contributed by atoms with E-state index < -0.39 is 0 Å². The molecular weight excluding hydrogens is 419 g/mol. The van der Waals surface area contributed by atoms with E-state index in [0.717, 1.165) is 11.1 Å². The van der Waals surface area contributed by atoms with Crippen molar-refractivity contribution >= 4 is 29.2 Å². The molecule has 1 fully saturated rings. The summed E-state index contributed by atoms with van der Waals surface area (Å²) in [4.78, 5) is 16.3. The lowest BCUT2D eigenvalue weighted by Crippen LogP contribution is -2.48. The number of hydrogen-bond acceptors (Lipinski definition) is 5. The van der Waals surface area contributed by atoms with Crippen molar-refractivity contribution in [2.45, 2.75) is 6.04 Å². The van der Waals surface area contributed by atoms with Gasteiger partial charge in [0.25, 0.3) is 0 Å². The van der Waals surface area contributed by atoms with Crippen LogP contribution in [0.1, 0.15) is 17.2 Å². The summed E-state index contributed by atoms with van der Waals surface area (Å²) in [5.74, 6) is -0.144. The van der Waals surface area contributed by atoms with Gasteiger partial charge in [-0.2, -0.15) is 15.0 Å². The number of piperazine rings is 1. The first-order valence-corrected chi connectivity index (χ1v) is 9.82. The average Bonchev–Trinajstić information content (AvgIpc) is 2.71. The van der Waals surface area contributed by atoms with Crippen LogP contribution < -0.4 is 4.90 Å². The van der Waals surface area contributed by atoms with Crippen molar-refractivity contribution in [2.75, 3.05) is 31.1 Å². The Hall–Kier alpha value is -2.35. The molecule has 2 heterocycles. The quantitative estimate of drug-likeness (QED) is 0.608. The highest BCUT2D eigenvalue weighted by Crippen LogP contribution is 2.30. The lowest BCUT2D eigenvalue weighted by atomic mass is 9.96. The molecule has 0 atom stereocenters. The number of benzene rings is 2. The lowest BCUT2D eigenvalue weighted by molar-refractivity contribution is 0.211. The zero-order valence-electron chi connectivity index (χ0n) is 15.3. The van der Waals surface area contributed by atoms with Crippen LogP contribution in [0.4, 0.5) is 14.7 Å². The second-order valence-corrected chi connectivity index (χ2v) is 7.38. The summed E-state index contributed by atoms with van der Waals surface area (Å²) < 4.78 is 26.9. The molecule has 9 heteroatoms. The minimum atomic E-state index is -0.292. The molecule has 150 valence electrons. The molecule has 29 heavy (non-hydrogen) atoms. The Labute approximate surface area is 176 Å². The van der Waals surface area contributed by atoms with Gasteiger partial charge in [0.15, 0.2) is 0 Å². The molecule has 0 N–H and O–H groups in total. The number of nitrogens with zero attached hydrogens (tertiary/aromatic N) is 5. The maximum absolute atomic E-state index is 13.4. The summed E-state index contributed by atoms with van der Waals surface area (Å²) in [6.07, 6.45) is 0. The van der Waals surface area contributed by atoms with Crippen LogP contribution in [0.25, 0.3) is 0 Å². The summed E-state index contributed by atoms with van der Waals surface area (Å²) >= 11 is 11.8. The molecule has 0 aliphatic carbocycles. The summed E-state index contributed by atoms with van der Waals surface area (Å²) in [5, 5.41) is 0.107. The third-order valence-electron chi connectivity index (χ3n) is 4.90. The van der Waals surface area contributed by atoms with Crippen LogP contribution in [0.3, 0.4) is 0 Å². The zero-order chi connectivity index (χ0) is 20.4. The van der Waals surface area contributed by atoms with Gasteiger partial charge in [-0.3, -0.25) is 4.90 Å². The van der Waals surface area contributed by atoms with Crippen LogP contribution in [0, 0.1) is 11.6 Å². The monoisotopic (exact) mass is 435 g/mol. The average molecular weight is 436 g/mol. The summed E-state index contributed by atoms with van der Waals surface area (Å²) in [7, 11) is 0. The minimum absolute atomic E-state index is 0.0536. The first kappa shape index (κ1) is 19.9. The molecule has 0 radical (unpaired) electrons. The van der Waals surface area contributed by atoms with Crippen molar-refractivity contribution in [1.29, 1.82) is 0 Å². The van der Waals surface area contributed by atoms with E-state index in [0.29, 0.717) is 32.1 Å². The third kappa shape index (κ3) is 4.63. The summed E-state index contributed by atoms with van der Waals surface area (Å²) in [5.41, 5.74) is 1.88. The van der Waals surface area contributed by atoms with Gasteiger partial charge < -0.3 is 4.90 Å². The Morgan fingerprint density at radius 2 is 1.14 bits per heavy atom. The van der Waals surface area contributed by atoms with Gasteiger partial charge in [0.2, 0.25) is 16.5 Å². The molecule has 1 aliphatic heterocycles. The Morgan fingerprint density at radius 3 is 1.59 bits per heavy atom. The second-order valence-electron chi connectivity index (χ2n) is 6.70. The van der Waals surface area contributed by atoms with Gasteiger partial charge in [-0.05, 0) is 58.6 Å². The van der Waals surface area contributed by atoms with E-state index >= 15 is 0 Å². The van der Waals surface area contributed by atoms with Crippen LogP contribution >= 0.6 is 23.2 Å². The van der Waals surface area contributed by atoms with Crippen molar-refractivity contribution in [3.63, 3.8) is 0 Å². The van der Waals surface area contributed by atoms with Crippen LogP contribution in [0.5, 0.6) is 0 Å². The Kier molecular flexibility index (Phi) is 5.89. The predicted molar refractivity (Wildman–Crippen MR) is 108 cm³/mol. The number of halogens is 4. The van der Waals surface area contributed by atoms with Crippen LogP contribution in [-0.4, -0.2) is 46.0 Å². The SMILES string of the molecule is Fc1ccc(C(c2ccc(F)cc2)N2CCN(c3nc(Cl)nc(Cl)n3)CC2)cc1. The fourth-order valence-electron chi connectivity index (χ4n) is 3.54. The Balaban J connectivity index is 1.57. The molecule has 3 aromatic rings. The van der Waals surface area contributed by atoms with Crippen LogP contribution in [0.2, 0.25) is 10.6 Å². The third-order valence-corrected chi connectivity index (χ3v) is 5.24. The van der Waals surface area contributed by atoms with Gasteiger partial charge in [0.05, 0.1) is 6.04 Å². The van der Waals surface area contributed by atoms with E-state index in [-0.39, 0.29) is 28.2 Å². The molecule has 2 aromatic carbocycles. The Bertz CT molecular complexity index is 911. The van der Waals surface area contributed by atoms with Gasteiger partial charge in [-0.15, -0.1) is 0 Å². The number of hydrogen-bond donors (Lipinski definition) is 0. The van der Waals surface area contributed by atoms with E-state index in [2.05, 4.69) is 19.9 Å². The molecule has 1 saturated heterocycles. The molecule has 1 aromatic heterocycles. The van der Waals surface area contributed by atoms with E-state index in [1.807, 2.05) is 4.90 Å². The highest BCUT2D eigenvalue weighted by Gasteiger charge is 2.27. The zero-order valence-corrected chi connectivity index (χ0v) is 16.8. The summed E-state index contributed by atoms with van der Waals surface area (Å²) in [6.45, 7) is 2.69. The molecule has 0 amide bonds. The maximum Gasteiger partial charge on any atom is 0.231 e. The number of aromatic nitrogens is 3. The van der Waals surface area contributed by atoms with Crippen molar-refractivity contribution in [1.82, 2.24) is 19.9 Å². The maximum atomic E-state index is 13.4. The highest BCUT2D eigenvalue weighted by atomic mass is 35.5. The van der Waals surface area contributed by atoms with E-state index in [1.165, 1.54) is 24.3 Å². The van der Waals surface area contributed by atoms with Crippen LogP contribution in [0.15, 0.2) is 48.5 Å². The van der Waals surface area contributed by atoms with Gasteiger partial charge in [-0.25, -0.2) is 8.78 Å². The van der Waals surface area contributed by atoms with E-state index in [1.54, 1.807) is 24.3 Å². The Morgan fingerprint density at radius 1 is 0.690 bits per heavy atom. The smallest absolute Gasteiger partial charge is 0.231 e. The first-order chi connectivity index (χ1) is 14.0. The number of anilines is 1.